The Morgan fingerprint density at radius 1 is 1.05 bits per heavy atom. The van der Waals surface area contributed by atoms with Crippen molar-refractivity contribution < 1.29 is 0 Å². The van der Waals surface area contributed by atoms with E-state index in [2.05, 4.69) is 83.6 Å². The lowest BCUT2D eigenvalue weighted by molar-refractivity contribution is 0.867. The van der Waals surface area contributed by atoms with Gasteiger partial charge in [0.05, 0.1) is 0 Å². The van der Waals surface area contributed by atoms with Crippen LogP contribution >= 0.6 is 15.9 Å². The van der Waals surface area contributed by atoms with E-state index in [-0.39, 0.29) is 0 Å². The molecule has 0 aliphatic carbocycles. The van der Waals surface area contributed by atoms with E-state index in [0.29, 0.717) is 6.04 Å². The van der Waals surface area contributed by atoms with Crippen molar-refractivity contribution >= 4 is 21.6 Å². The number of hydrogen-bond acceptors (Lipinski definition) is 1. The molecule has 0 heterocycles. The van der Waals surface area contributed by atoms with Gasteiger partial charge in [-0.15, -0.1) is 0 Å². The van der Waals surface area contributed by atoms with Gasteiger partial charge in [0.25, 0.3) is 0 Å². The van der Waals surface area contributed by atoms with Gasteiger partial charge in [-0.3, -0.25) is 0 Å². The average molecular weight is 318 g/mol. The van der Waals surface area contributed by atoms with Crippen LogP contribution in [0.1, 0.15) is 37.4 Å². The van der Waals surface area contributed by atoms with Crippen molar-refractivity contribution in [3.05, 3.63) is 64.1 Å². The quantitative estimate of drug-likeness (QED) is 0.759. The number of benzene rings is 2. The maximum Gasteiger partial charge on any atom is 0.0485 e. The second-order valence-electron chi connectivity index (χ2n) is 4.82. The molecule has 2 aromatic rings. The fraction of sp³-hybridized carbons (Fsp3) is 0.294. The molecule has 1 atom stereocenters. The van der Waals surface area contributed by atoms with Crippen molar-refractivity contribution in [2.75, 3.05) is 5.32 Å². The monoisotopic (exact) mass is 317 g/mol. The zero-order valence-electron chi connectivity index (χ0n) is 11.5. The van der Waals surface area contributed by atoms with E-state index in [1.54, 1.807) is 0 Å². The van der Waals surface area contributed by atoms with Crippen molar-refractivity contribution in [1.29, 1.82) is 0 Å². The highest BCUT2D eigenvalue weighted by Crippen LogP contribution is 2.24. The van der Waals surface area contributed by atoms with Crippen LogP contribution in [0.2, 0.25) is 0 Å². The second-order valence-corrected chi connectivity index (χ2v) is 5.74. The summed E-state index contributed by atoms with van der Waals surface area (Å²) in [6.45, 7) is 4.42. The van der Waals surface area contributed by atoms with E-state index < -0.39 is 0 Å². The number of halogens is 1. The predicted molar refractivity (Wildman–Crippen MR) is 86.6 cm³/mol. The maximum absolute atomic E-state index is 3.62. The molecule has 0 aromatic heterocycles. The third-order valence-electron chi connectivity index (χ3n) is 3.28. The Bertz CT molecular complexity index is 519. The molecule has 0 aliphatic heterocycles. The highest BCUT2D eigenvalue weighted by molar-refractivity contribution is 9.10. The van der Waals surface area contributed by atoms with Gasteiger partial charge in [-0.1, -0.05) is 59.6 Å². The topological polar surface area (TPSA) is 12.0 Å². The number of anilines is 1. The third-order valence-corrected chi connectivity index (χ3v) is 3.81. The molecule has 1 N–H and O–H groups in total. The van der Waals surface area contributed by atoms with Crippen LogP contribution in [0, 0.1) is 0 Å². The van der Waals surface area contributed by atoms with Gasteiger partial charge in [0.1, 0.15) is 0 Å². The lowest BCUT2D eigenvalue weighted by Gasteiger charge is -2.18. The molecule has 2 heteroatoms. The minimum absolute atomic E-state index is 0.311. The zero-order valence-corrected chi connectivity index (χ0v) is 13.1. The first-order valence-corrected chi connectivity index (χ1v) is 7.60. The first-order valence-electron chi connectivity index (χ1n) is 6.80. The van der Waals surface area contributed by atoms with Crippen LogP contribution < -0.4 is 5.32 Å². The van der Waals surface area contributed by atoms with E-state index in [0.717, 1.165) is 10.9 Å². The molecule has 0 aliphatic rings. The van der Waals surface area contributed by atoms with Crippen LogP contribution in [0.5, 0.6) is 0 Å². The summed E-state index contributed by atoms with van der Waals surface area (Å²) < 4.78 is 1.12. The molecule has 19 heavy (non-hydrogen) atoms. The first-order chi connectivity index (χ1) is 9.20. The summed E-state index contributed by atoms with van der Waals surface area (Å²) in [5.41, 5.74) is 3.95. The summed E-state index contributed by atoms with van der Waals surface area (Å²) in [5.74, 6) is 0. The summed E-state index contributed by atoms with van der Waals surface area (Å²) in [6.07, 6.45) is 2.29. The van der Waals surface area contributed by atoms with Gasteiger partial charge >= 0.3 is 0 Å². The minimum atomic E-state index is 0.311. The Kier molecular flexibility index (Phi) is 5.03. The van der Waals surface area contributed by atoms with E-state index in [1.807, 2.05) is 0 Å². The van der Waals surface area contributed by atoms with Gasteiger partial charge in [0, 0.05) is 16.2 Å². The van der Waals surface area contributed by atoms with E-state index in [4.69, 9.17) is 0 Å². The van der Waals surface area contributed by atoms with Crippen molar-refractivity contribution in [3.63, 3.8) is 0 Å². The van der Waals surface area contributed by atoms with Crippen LogP contribution in [-0.4, -0.2) is 0 Å². The minimum Gasteiger partial charge on any atom is -0.378 e. The van der Waals surface area contributed by atoms with Gasteiger partial charge in [0.2, 0.25) is 0 Å². The molecule has 0 saturated heterocycles. The first kappa shape index (κ1) is 14.1. The number of aryl methyl sites for hydroxylation is 1. The van der Waals surface area contributed by atoms with Crippen molar-refractivity contribution in [1.82, 2.24) is 0 Å². The van der Waals surface area contributed by atoms with Crippen molar-refractivity contribution in [2.24, 2.45) is 0 Å². The number of rotatable bonds is 5. The Labute approximate surface area is 124 Å². The van der Waals surface area contributed by atoms with Crippen LogP contribution in [0.25, 0.3) is 0 Å². The lowest BCUT2D eigenvalue weighted by atomic mass is 10.0. The van der Waals surface area contributed by atoms with Crippen LogP contribution in [0.3, 0.4) is 0 Å². The lowest BCUT2D eigenvalue weighted by Crippen LogP contribution is -2.08. The predicted octanol–water partition coefficient (Wildman–Crippen LogP) is 5.57. The Balaban J connectivity index is 2.14. The molecule has 2 aromatic carbocycles. The standard InChI is InChI=1S/C17H20BrN/c1-3-6-15-7-4-5-8-17(15)19-13(2)14-9-11-16(18)12-10-14/h4-5,7-13,19H,3,6H2,1-2H3. The molecule has 2 rings (SSSR count). The summed E-state index contributed by atoms with van der Waals surface area (Å²) in [5, 5.41) is 3.62. The fourth-order valence-corrected chi connectivity index (χ4v) is 2.48. The van der Waals surface area contributed by atoms with Gasteiger partial charge in [-0.2, -0.15) is 0 Å². The van der Waals surface area contributed by atoms with Crippen LogP contribution in [0.4, 0.5) is 5.69 Å². The largest absolute Gasteiger partial charge is 0.378 e. The molecule has 0 spiro atoms. The molecule has 1 unspecified atom stereocenters. The molecule has 0 amide bonds. The zero-order chi connectivity index (χ0) is 13.7. The summed E-state index contributed by atoms with van der Waals surface area (Å²) >= 11 is 3.47. The Morgan fingerprint density at radius 2 is 1.74 bits per heavy atom. The van der Waals surface area contributed by atoms with Crippen LogP contribution in [-0.2, 0) is 6.42 Å². The van der Waals surface area contributed by atoms with Gasteiger partial charge in [0.15, 0.2) is 0 Å². The molecule has 100 valence electrons. The molecular formula is C17H20BrN. The molecule has 1 nitrogen and oxygen atoms in total. The maximum atomic E-state index is 3.62. The van der Waals surface area contributed by atoms with E-state index >= 15 is 0 Å². The fourth-order valence-electron chi connectivity index (χ4n) is 2.22. The van der Waals surface area contributed by atoms with E-state index in [1.165, 1.54) is 23.2 Å². The number of hydrogen-bond donors (Lipinski definition) is 1. The summed E-state index contributed by atoms with van der Waals surface area (Å²) in [4.78, 5) is 0. The smallest absolute Gasteiger partial charge is 0.0485 e. The number of nitrogens with one attached hydrogen (secondary N) is 1. The van der Waals surface area contributed by atoms with E-state index in [9.17, 15) is 0 Å². The molecular weight excluding hydrogens is 298 g/mol. The second kappa shape index (κ2) is 6.76. The van der Waals surface area contributed by atoms with Crippen LogP contribution in [0.15, 0.2) is 53.0 Å². The third kappa shape index (κ3) is 3.84. The van der Waals surface area contributed by atoms with Crippen molar-refractivity contribution in [2.45, 2.75) is 32.7 Å². The van der Waals surface area contributed by atoms with Crippen molar-refractivity contribution in [3.8, 4) is 0 Å². The van der Waals surface area contributed by atoms with Gasteiger partial charge in [-0.05, 0) is 42.7 Å². The normalized spacial score (nSPS) is 12.2. The molecule has 0 radical (unpaired) electrons. The molecule has 0 saturated carbocycles. The molecule has 0 bridgehead atoms. The summed E-state index contributed by atoms with van der Waals surface area (Å²) in [6, 6.07) is 17.4. The highest BCUT2D eigenvalue weighted by Gasteiger charge is 2.07. The van der Waals surface area contributed by atoms with Gasteiger partial charge < -0.3 is 5.32 Å². The number of para-hydroxylation sites is 1. The SMILES string of the molecule is CCCc1ccccc1NC(C)c1ccc(Br)cc1. The Hall–Kier alpha value is -1.28. The highest BCUT2D eigenvalue weighted by atomic mass is 79.9. The van der Waals surface area contributed by atoms with Gasteiger partial charge in [-0.25, -0.2) is 0 Å². The summed E-state index contributed by atoms with van der Waals surface area (Å²) in [7, 11) is 0. The molecule has 0 fully saturated rings. The Morgan fingerprint density at radius 3 is 2.42 bits per heavy atom. The average Bonchev–Trinajstić information content (AvgIpc) is 2.42.